The van der Waals surface area contributed by atoms with Gasteiger partial charge in [-0.3, -0.25) is 9.69 Å². The zero-order chi connectivity index (χ0) is 22.2. The van der Waals surface area contributed by atoms with Gasteiger partial charge in [-0.25, -0.2) is 4.98 Å². The Labute approximate surface area is 198 Å². The van der Waals surface area contributed by atoms with Crippen molar-refractivity contribution in [3.63, 3.8) is 0 Å². The maximum absolute atomic E-state index is 12.5. The molecule has 1 atom stereocenters. The third-order valence-corrected chi connectivity index (χ3v) is 7.12. The quantitative estimate of drug-likeness (QED) is 0.408. The number of amides is 1. The highest BCUT2D eigenvalue weighted by Gasteiger charge is 2.23. The van der Waals surface area contributed by atoms with E-state index >= 15 is 0 Å². The van der Waals surface area contributed by atoms with Crippen LogP contribution in [-0.2, 0) is 17.9 Å². The lowest BCUT2D eigenvalue weighted by Crippen LogP contribution is -2.40. The highest BCUT2D eigenvalue weighted by atomic mass is 32.1. The van der Waals surface area contributed by atoms with Crippen LogP contribution >= 0.6 is 22.7 Å². The second kappa shape index (κ2) is 11.4. The first kappa shape index (κ1) is 22.7. The Balaban J connectivity index is 1.22. The van der Waals surface area contributed by atoms with Crippen molar-refractivity contribution >= 4 is 34.7 Å². The van der Waals surface area contributed by atoms with Crippen LogP contribution in [0.5, 0.6) is 5.75 Å². The molecule has 4 rings (SSSR count). The maximum Gasteiger partial charge on any atom is 0.246 e. The van der Waals surface area contributed by atoms with Gasteiger partial charge in [-0.2, -0.15) is 0 Å². The van der Waals surface area contributed by atoms with Gasteiger partial charge in [0.1, 0.15) is 10.8 Å². The number of carbonyl (C=O) groups is 1. The van der Waals surface area contributed by atoms with Crippen molar-refractivity contribution in [1.82, 2.24) is 14.8 Å². The monoisotopic (exact) mass is 467 g/mol. The maximum atomic E-state index is 12.5. The number of rotatable bonds is 9. The first-order chi connectivity index (χ1) is 15.7. The first-order valence-corrected chi connectivity index (χ1v) is 12.7. The molecule has 1 aromatic carbocycles. The van der Waals surface area contributed by atoms with Gasteiger partial charge in [-0.05, 0) is 55.1 Å². The van der Waals surface area contributed by atoms with Gasteiger partial charge < -0.3 is 9.64 Å². The van der Waals surface area contributed by atoms with Crippen molar-refractivity contribution in [2.75, 3.05) is 26.7 Å². The lowest BCUT2D eigenvalue weighted by atomic mass is 9.99. The summed E-state index contributed by atoms with van der Waals surface area (Å²) in [6, 6.07) is 12.4. The van der Waals surface area contributed by atoms with E-state index in [4.69, 9.17) is 4.74 Å². The molecule has 3 heterocycles. The van der Waals surface area contributed by atoms with Gasteiger partial charge in [0, 0.05) is 48.1 Å². The van der Waals surface area contributed by atoms with E-state index in [1.807, 2.05) is 52.2 Å². The molecule has 0 radical (unpaired) electrons. The molecule has 3 aromatic rings. The Kier molecular flexibility index (Phi) is 8.09. The smallest absolute Gasteiger partial charge is 0.246 e. The van der Waals surface area contributed by atoms with Crippen molar-refractivity contribution in [3.05, 3.63) is 74.9 Å². The zero-order valence-electron chi connectivity index (χ0n) is 18.4. The van der Waals surface area contributed by atoms with Crippen LogP contribution in [0.3, 0.4) is 0 Å². The summed E-state index contributed by atoms with van der Waals surface area (Å²) in [7, 11) is 2.11. The lowest BCUT2D eigenvalue weighted by molar-refractivity contribution is -0.127. The zero-order valence-corrected chi connectivity index (χ0v) is 20.0. The Morgan fingerprint density at radius 2 is 2.09 bits per heavy atom. The molecular weight excluding hydrogens is 438 g/mol. The second-order valence-electron chi connectivity index (χ2n) is 8.19. The van der Waals surface area contributed by atoms with E-state index in [1.165, 1.54) is 5.56 Å². The van der Waals surface area contributed by atoms with E-state index in [1.54, 1.807) is 28.7 Å². The van der Waals surface area contributed by atoms with E-state index in [-0.39, 0.29) is 5.91 Å². The molecule has 5 nitrogen and oxygen atoms in total. The standard InChI is InChI=1S/C25H29N3O2S2/c1-27(18-24-26-12-15-32-24)16-20-6-8-22(9-7-20)30-19-21-4-2-13-28(17-21)25(29)11-10-23-5-3-14-31-23/h3,5-12,14-15,21H,2,4,13,16-19H2,1H3/b11-10+/t21-/m0/s1. The number of hydrogen-bond donors (Lipinski definition) is 0. The van der Waals surface area contributed by atoms with Crippen molar-refractivity contribution in [2.45, 2.75) is 25.9 Å². The minimum atomic E-state index is 0.0920. The number of piperidine rings is 1. The molecule has 0 spiro atoms. The molecule has 168 valence electrons. The van der Waals surface area contributed by atoms with Crippen molar-refractivity contribution in [3.8, 4) is 5.75 Å². The average molecular weight is 468 g/mol. The minimum absolute atomic E-state index is 0.0920. The minimum Gasteiger partial charge on any atom is -0.493 e. The van der Waals surface area contributed by atoms with E-state index in [2.05, 4.69) is 29.1 Å². The largest absolute Gasteiger partial charge is 0.493 e. The van der Waals surface area contributed by atoms with Crippen LogP contribution in [-0.4, -0.2) is 47.4 Å². The molecule has 0 unspecified atom stereocenters. The number of nitrogens with zero attached hydrogens (tertiary/aromatic N) is 3. The van der Waals surface area contributed by atoms with Crippen LogP contribution in [0.2, 0.25) is 0 Å². The normalized spacial score (nSPS) is 16.7. The third kappa shape index (κ3) is 6.76. The highest BCUT2D eigenvalue weighted by molar-refractivity contribution is 7.10. The van der Waals surface area contributed by atoms with E-state index in [0.717, 1.165) is 54.7 Å². The van der Waals surface area contributed by atoms with Crippen LogP contribution in [0.4, 0.5) is 0 Å². The van der Waals surface area contributed by atoms with Crippen molar-refractivity contribution < 1.29 is 9.53 Å². The fourth-order valence-corrected chi connectivity index (χ4v) is 5.19. The summed E-state index contributed by atoms with van der Waals surface area (Å²) < 4.78 is 6.06. The molecule has 7 heteroatoms. The number of thiazole rings is 1. The van der Waals surface area contributed by atoms with Gasteiger partial charge in [0.05, 0.1) is 13.2 Å². The Morgan fingerprint density at radius 3 is 2.84 bits per heavy atom. The van der Waals surface area contributed by atoms with Gasteiger partial charge in [0.15, 0.2) is 0 Å². The molecule has 0 aliphatic carbocycles. The molecule has 0 saturated carbocycles. The van der Waals surface area contributed by atoms with Gasteiger partial charge in [-0.15, -0.1) is 22.7 Å². The Morgan fingerprint density at radius 1 is 1.22 bits per heavy atom. The van der Waals surface area contributed by atoms with Gasteiger partial charge >= 0.3 is 0 Å². The summed E-state index contributed by atoms with van der Waals surface area (Å²) in [5, 5.41) is 5.17. The van der Waals surface area contributed by atoms with Crippen LogP contribution < -0.4 is 4.74 Å². The average Bonchev–Trinajstić information content (AvgIpc) is 3.51. The molecule has 1 saturated heterocycles. The summed E-state index contributed by atoms with van der Waals surface area (Å²) in [6.45, 7) is 3.95. The van der Waals surface area contributed by atoms with Crippen LogP contribution in [0, 0.1) is 5.92 Å². The predicted octanol–water partition coefficient (Wildman–Crippen LogP) is 5.17. The highest BCUT2D eigenvalue weighted by Crippen LogP contribution is 2.21. The summed E-state index contributed by atoms with van der Waals surface area (Å²) in [5.41, 5.74) is 1.25. The molecule has 0 N–H and O–H groups in total. The number of carbonyl (C=O) groups excluding carboxylic acids is 1. The number of likely N-dealkylation sites (tertiary alicyclic amines) is 1. The van der Waals surface area contributed by atoms with Crippen LogP contribution in [0.15, 0.2) is 59.4 Å². The molecule has 1 aliphatic heterocycles. The molecule has 32 heavy (non-hydrogen) atoms. The third-order valence-electron chi connectivity index (χ3n) is 5.51. The summed E-state index contributed by atoms with van der Waals surface area (Å²) in [4.78, 5) is 22.2. The topological polar surface area (TPSA) is 45.7 Å². The van der Waals surface area contributed by atoms with Crippen molar-refractivity contribution in [1.29, 1.82) is 0 Å². The molecule has 1 aliphatic rings. The van der Waals surface area contributed by atoms with Crippen LogP contribution in [0.1, 0.15) is 28.3 Å². The summed E-state index contributed by atoms with van der Waals surface area (Å²) in [6.07, 6.45) is 7.57. The first-order valence-electron chi connectivity index (χ1n) is 10.9. The molecular formula is C25H29N3O2S2. The number of thiophene rings is 1. The number of aromatic nitrogens is 1. The van der Waals surface area contributed by atoms with Gasteiger partial charge in [0.2, 0.25) is 5.91 Å². The fraction of sp³-hybridized carbons (Fsp3) is 0.360. The van der Waals surface area contributed by atoms with Crippen molar-refractivity contribution in [2.24, 2.45) is 5.92 Å². The molecule has 0 bridgehead atoms. The van der Waals surface area contributed by atoms with Gasteiger partial charge in [-0.1, -0.05) is 18.2 Å². The number of ether oxygens (including phenoxy) is 1. The van der Waals surface area contributed by atoms with E-state index in [9.17, 15) is 4.79 Å². The van der Waals surface area contributed by atoms with Gasteiger partial charge in [0.25, 0.3) is 0 Å². The van der Waals surface area contributed by atoms with E-state index in [0.29, 0.717) is 12.5 Å². The number of benzene rings is 1. The molecule has 1 fully saturated rings. The Hall–Kier alpha value is -2.48. The lowest BCUT2D eigenvalue weighted by Gasteiger charge is -2.32. The second-order valence-corrected chi connectivity index (χ2v) is 10.2. The number of hydrogen-bond acceptors (Lipinski definition) is 6. The SMILES string of the molecule is CN(Cc1ccc(OC[C@H]2CCCN(C(=O)/C=C/c3cccs3)C2)cc1)Cc1nccs1. The predicted molar refractivity (Wildman–Crippen MR) is 132 cm³/mol. The summed E-state index contributed by atoms with van der Waals surface area (Å²) in [5.74, 6) is 1.35. The molecule has 2 aromatic heterocycles. The molecule has 1 amide bonds. The Bertz CT molecular complexity index is 985. The van der Waals surface area contributed by atoms with Crippen LogP contribution in [0.25, 0.3) is 6.08 Å². The van der Waals surface area contributed by atoms with E-state index < -0.39 is 0 Å². The fourth-order valence-electron chi connectivity index (χ4n) is 3.88. The summed E-state index contributed by atoms with van der Waals surface area (Å²) >= 11 is 3.33.